The molecule has 0 rings (SSSR count). The Kier molecular flexibility index (Phi) is 15.5. The average Bonchev–Trinajstić information content (AvgIpc) is 2.39. The van der Waals surface area contributed by atoms with Crippen molar-refractivity contribution in [3.8, 4) is 0 Å². The minimum Gasteiger partial charge on any atom is -0.291 e. The van der Waals surface area contributed by atoms with Crippen molar-refractivity contribution in [2.45, 2.75) is 104 Å². The Morgan fingerprint density at radius 1 is 0.632 bits per heavy atom. The van der Waals surface area contributed by atoms with Gasteiger partial charge in [0.05, 0.1) is 0 Å². The van der Waals surface area contributed by atoms with E-state index in [9.17, 15) is 4.79 Å². The van der Waals surface area contributed by atoms with E-state index in [1.54, 1.807) is 0 Å². The third-order valence-corrected chi connectivity index (χ3v) is 3.81. The Hall–Kier alpha value is -0.330. The van der Waals surface area contributed by atoms with Crippen LogP contribution >= 0.6 is 0 Å². The van der Waals surface area contributed by atoms with Crippen LogP contribution in [-0.2, 0) is 4.79 Å². The second kappa shape index (κ2) is 15.7. The molecular formula is C18H35O. The summed E-state index contributed by atoms with van der Waals surface area (Å²) < 4.78 is 0. The number of carbonyl (C=O) groups excluding carboxylic acids is 1. The largest absolute Gasteiger partial charge is 0.291 e. The van der Waals surface area contributed by atoms with Crippen molar-refractivity contribution in [2.24, 2.45) is 5.92 Å². The zero-order chi connectivity index (χ0) is 14.2. The number of hydrogen-bond donors (Lipinski definition) is 0. The topological polar surface area (TPSA) is 17.1 Å². The van der Waals surface area contributed by atoms with Gasteiger partial charge >= 0.3 is 0 Å². The normalized spacial score (nSPS) is 11.1. The molecule has 19 heavy (non-hydrogen) atoms. The van der Waals surface area contributed by atoms with Crippen molar-refractivity contribution in [1.82, 2.24) is 0 Å². The molecule has 1 nitrogen and oxygen atoms in total. The van der Waals surface area contributed by atoms with Gasteiger partial charge < -0.3 is 0 Å². The van der Waals surface area contributed by atoms with Crippen molar-refractivity contribution in [3.05, 3.63) is 0 Å². The molecular weight excluding hydrogens is 232 g/mol. The van der Waals surface area contributed by atoms with Crippen LogP contribution in [0.2, 0.25) is 0 Å². The lowest BCUT2D eigenvalue weighted by molar-refractivity contribution is 0.503. The molecule has 0 aliphatic carbocycles. The maximum atomic E-state index is 10.0. The van der Waals surface area contributed by atoms with E-state index in [2.05, 4.69) is 13.8 Å². The summed E-state index contributed by atoms with van der Waals surface area (Å²) in [6, 6.07) is 0. The second-order valence-electron chi connectivity index (χ2n) is 6.32. The molecule has 1 radical (unpaired) electrons. The average molecular weight is 267 g/mol. The molecule has 113 valence electrons. The summed E-state index contributed by atoms with van der Waals surface area (Å²) in [6.45, 7) is 4.63. The first-order chi connectivity index (χ1) is 9.27. The van der Waals surface area contributed by atoms with Crippen molar-refractivity contribution in [2.75, 3.05) is 0 Å². The summed E-state index contributed by atoms with van der Waals surface area (Å²) in [5.41, 5.74) is 0. The molecule has 0 amide bonds. The summed E-state index contributed by atoms with van der Waals surface area (Å²) in [5.74, 6) is 0.879. The van der Waals surface area contributed by atoms with Crippen LogP contribution < -0.4 is 0 Å². The van der Waals surface area contributed by atoms with Crippen LogP contribution in [0.3, 0.4) is 0 Å². The lowest BCUT2D eigenvalue weighted by Crippen LogP contribution is -1.87. The van der Waals surface area contributed by atoms with Gasteiger partial charge in [-0.3, -0.25) is 4.79 Å². The molecule has 0 aromatic heterocycles. The van der Waals surface area contributed by atoms with E-state index in [0.717, 1.165) is 12.3 Å². The first kappa shape index (κ1) is 18.7. The Bertz CT molecular complexity index is 175. The monoisotopic (exact) mass is 267 g/mol. The van der Waals surface area contributed by atoms with Gasteiger partial charge in [-0.2, -0.15) is 0 Å². The smallest absolute Gasteiger partial charge is 0.198 e. The van der Waals surface area contributed by atoms with Crippen LogP contribution in [0.4, 0.5) is 0 Å². The summed E-state index contributed by atoms with van der Waals surface area (Å²) in [4.78, 5) is 10.0. The number of unbranched alkanes of at least 4 members (excludes halogenated alkanes) is 12. The Labute approximate surface area is 121 Å². The molecule has 0 spiro atoms. The summed E-state index contributed by atoms with van der Waals surface area (Å²) in [7, 11) is 0. The van der Waals surface area contributed by atoms with Gasteiger partial charge in [0.25, 0.3) is 0 Å². The fourth-order valence-electron chi connectivity index (χ4n) is 2.52. The van der Waals surface area contributed by atoms with Crippen LogP contribution in [0.1, 0.15) is 104 Å². The first-order valence-corrected chi connectivity index (χ1v) is 8.62. The van der Waals surface area contributed by atoms with Crippen LogP contribution in [-0.4, -0.2) is 6.29 Å². The van der Waals surface area contributed by atoms with E-state index in [0.29, 0.717) is 6.42 Å². The minimum atomic E-state index is 0.636. The van der Waals surface area contributed by atoms with Gasteiger partial charge in [-0.05, 0) is 12.3 Å². The van der Waals surface area contributed by atoms with Crippen LogP contribution in [0.15, 0.2) is 0 Å². The summed E-state index contributed by atoms with van der Waals surface area (Å²) >= 11 is 0. The predicted molar refractivity (Wildman–Crippen MR) is 85.2 cm³/mol. The molecule has 0 aromatic carbocycles. The molecule has 0 aliphatic heterocycles. The van der Waals surface area contributed by atoms with E-state index in [4.69, 9.17) is 0 Å². The third-order valence-electron chi connectivity index (χ3n) is 3.81. The Morgan fingerprint density at radius 3 is 1.37 bits per heavy atom. The Balaban J connectivity index is 2.93. The van der Waals surface area contributed by atoms with E-state index in [-0.39, 0.29) is 0 Å². The lowest BCUT2D eigenvalue weighted by atomic mass is 10.0. The molecule has 0 saturated heterocycles. The van der Waals surface area contributed by atoms with Gasteiger partial charge in [-0.15, -0.1) is 0 Å². The van der Waals surface area contributed by atoms with Gasteiger partial charge in [0.1, 0.15) is 0 Å². The quantitative estimate of drug-likeness (QED) is 0.322. The molecule has 0 aromatic rings. The van der Waals surface area contributed by atoms with Crippen molar-refractivity contribution < 1.29 is 4.79 Å². The first-order valence-electron chi connectivity index (χ1n) is 8.62. The maximum absolute atomic E-state index is 10.0. The van der Waals surface area contributed by atoms with Crippen LogP contribution in [0, 0.1) is 5.92 Å². The molecule has 0 fully saturated rings. The molecule has 0 heterocycles. The fraction of sp³-hybridized carbons (Fsp3) is 0.944. The SMILES string of the molecule is CC(C)CCCCCCCCCCCCCC[C]=O. The van der Waals surface area contributed by atoms with Crippen molar-refractivity contribution >= 4 is 6.29 Å². The molecule has 0 bridgehead atoms. The summed E-state index contributed by atoms with van der Waals surface area (Å²) in [6.07, 6.45) is 20.3. The van der Waals surface area contributed by atoms with Gasteiger partial charge in [-0.25, -0.2) is 0 Å². The zero-order valence-electron chi connectivity index (χ0n) is 13.4. The molecule has 0 aliphatic rings. The zero-order valence-corrected chi connectivity index (χ0v) is 13.4. The molecule has 0 atom stereocenters. The highest BCUT2D eigenvalue weighted by Crippen LogP contribution is 2.14. The van der Waals surface area contributed by atoms with E-state index >= 15 is 0 Å². The third kappa shape index (κ3) is 17.7. The number of rotatable bonds is 15. The molecule has 1 heteroatoms. The summed E-state index contributed by atoms with van der Waals surface area (Å²) in [5, 5.41) is 0. The van der Waals surface area contributed by atoms with Crippen LogP contribution in [0.25, 0.3) is 0 Å². The number of hydrogen-bond acceptors (Lipinski definition) is 1. The van der Waals surface area contributed by atoms with Crippen molar-refractivity contribution in [3.63, 3.8) is 0 Å². The Morgan fingerprint density at radius 2 is 1.00 bits per heavy atom. The van der Waals surface area contributed by atoms with Gasteiger partial charge in [-0.1, -0.05) is 90.9 Å². The molecule has 0 N–H and O–H groups in total. The highest BCUT2D eigenvalue weighted by atomic mass is 16.1. The standard InChI is InChI=1S/C18H35O/c1-18(2)16-14-12-10-8-6-4-3-5-7-9-11-13-15-17-19/h18H,3-16H2,1-2H3. The maximum Gasteiger partial charge on any atom is 0.198 e. The second-order valence-corrected chi connectivity index (χ2v) is 6.32. The van der Waals surface area contributed by atoms with Gasteiger partial charge in [0.2, 0.25) is 0 Å². The predicted octanol–water partition coefficient (Wildman–Crippen LogP) is 6.21. The fourth-order valence-corrected chi connectivity index (χ4v) is 2.52. The highest BCUT2D eigenvalue weighted by molar-refractivity contribution is 5.50. The molecule has 0 saturated carbocycles. The highest BCUT2D eigenvalue weighted by Gasteiger charge is 1.95. The minimum absolute atomic E-state index is 0.636. The van der Waals surface area contributed by atoms with E-state index in [1.165, 1.54) is 77.0 Å². The van der Waals surface area contributed by atoms with E-state index in [1.807, 2.05) is 6.29 Å². The van der Waals surface area contributed by atoms with Gasteiger partial charge in [0.15, 0.2) is 6.29 Å². The van der Waals surface area contributed by atoms with E-state index < -0.39 is 0 Å². The van der Waals surface area contributed by atoms with Crippen molar-refractivity contribution in [1.29, 1.82) is 0 Å². The van der Waals surface area contributed by atoms with Crippen LogP contribution in [0.5, 0.6) is 0 Å². The van der Waals surface area contributed by atoms with Gasteiger partial charge in [0, 0.05) is 6.42 Å². The lowest BCUT2D eigenvalue weighted by Gasteiger charge is -2.04. The molecule has 0 unspecified atom stereocenters.